The predicted molar refractivity (Wildman–Crippen MR) is 86.2 cm³/mol. The molecule has 0 spiro atoms. The van der Waals surface area contributed by atoms with Crippen molar-refractivity contribution in [2.24, 2.45) is 5.92 Å². The van der Waals surface area contributed by atoms with Crippen LogP contribution in [-0.4, -0.2) is 24.6 Å². The van der Waals surface area contributed by atoms with Crippen molar-refractivity contribution in [3.63, 3.8) is 0 Å². The van der Waals surface area contributed by atoms with Crippen LogP contribution < -0.4 is 10.2 Å². The van der Waals surface area contributed by atoms with Crippen LogP contribution in [0.2, 0.25) is 0 Å². The van der Waals surface area contributed by atoms with Crippen LogP contribution in [-0.2, 0) is 6.54 Å². The van der Waals surface area contributed by atoms with E-state index >= 15 is 0 Å². The number of nitrogens with zero attached hydrogens (tertiary/aromatic N) is 2. The van der Waals surface area contributed by atoms with Crippen molar-refractivity contribution in [2.45, 2.75) is 53.0 Å². The summed E-state index contributed by atoms with van der Waals surface area (Å²) in [6.45, 7) is 11.0. The Balaban J connectivity index is 2.06. The number of anilines is 1. The van der Waals surface area contributed by atoms with Crippen LogP contribution in [0.15, 0.2) is 12.3 Å². The summed E-state index contributed by atoms with van der Waals surface area (Å²) in [7, 11) is 0. The SMILES string of the molecule is CCCNCc1cnc(C)cc1N1CCC(CC)CC1. The minimum atomic E-state index is 0.927. The van der Waals surface area contributed by atoms with Crippen LogP contribution in [0.3, 0.4) is 0 Å². The van der Waals surface area contributed by atoms with E-state index in [1.165, 1.54) is 50.0 Å². The van der Waals surface area contributed by atoms with Crippen molar-refractivity contribution in [1.29, 1.82) is 0 Å². The number of aromatic nitrogens is 1. The molecule has 0 radical (unpaired) electrons. The normalized spacial score (nSPS) is 16.6. The first kappa shape index (κ1) is 15.3. The maximum atomic E-state index is 4.48. The molecule has 1 aromatic rings. The largest absolute Gasteiger partial charge is 0.371 e. The van der Waals surface area contributed by atoms with E-state index in [2.05, 4.69) is 48.2 Å². The predicted octanol–water partition coefficient (Wildman–Crippen LogP) is 3.52. The molecule has 0 aromatic carbocycles. The minimum Gasteiger partial charge on any atom is -0.371 e. The highest BCUT2D eigenvalue weighted by atomic mass is 15.1. The molecule has 1 saturated heterocycles. The van der Waals surface area contributed by atoms with Gasteiger partial charge in [-0.3, -0.25) is 4.98 Å². The number of hydrogen-bond donors (Lipinski definition) is 1. The number of aryl methyl sites for hydroxylation is 1. The van der Waals surface area contributed by atoms with Gasteiger partial charge in [-0.1, -0.05) is 20.3 Å². The highest BCUT2D eigenvalue weighted by Gasteiger charge is 2.20. The highest BCUT2D eigenvalue weighted by molar-refractivity contribution is 5.54. The lowest BCUT2D eigenvalue weighted by Crippen LogP contribution is -2.34. The third-order valence-electron chi connectivity index (χ3n) is 4.37. The van der Waals surface area contributed by atoms with Crippen molar-refractivity contribution >= 4 is 5.69 Å². The van der Waals surface area contributed by atoms with Gasteiger partial charge in [0.25, 0.3) is 0 Å². The molecule has 0 amide bonds. The Bertz CT molecular complexity index is 409. The van der Waals surface area contributed by atoms with E-state index in [-0.39, 0.29) is 0 Å². The molecule has 0 bridgehead atoms. The quantitative estimate of drug-likeness (QED) is 0.805. The van der Waals surface area contributed by atoms with Gasteiger partial charge in [0.05, 0.1) is 0 Å². The lowest BCUT2D eigenvalue weighted by molar-refractivity contribution is 0.394. The van der Waals surface area contributed by atoms with Gasteiger partial charge in [-0.15, -0.1) is 0 Å². The summed E-state index contributed by atoms with van der Waals surface area (Å²) < 4.78 is 0. The van der Waals surface area contributed by atoms with Gasteiger partial charge < -0.3 is 10.2 Å². The molecule has 0 unspecified atom stereocenters. The molecule has 2 rings (SSSR count). The van der Waals surface area contributed by atoms with Gasteiger partial charge in [0.15, 0.2) is 0 Å². The van der Waals surface area contributed by atoms with E-state index in [1.807, 2.05) is 0 Å². The number of nitrogens with one attached hydrogen (secondary N) is 1. The van der Waals surface area contributed by atoms with Gasteiger partial charge in [-0.05, 0) is 44.7 Å². The fourth-order valence-corrected chi connectivity index (χ4v) is 2.99. The Morgan fingerprint density at radius 1 is 1.30 bits per heavy atom. The summed E-state index contributed by atoms with van der Waals surface area (Å²) in [5.41, 5.74) is 3.87. The first-order chi connectivity index (χ1) is 9.74. The molecule has 1 fully saturated rings. The molecular weight excluding hydrogens is 246 g/mol. The maximum absolute atomic E-state index is 4.48. The van der Waals surface area contributed by atoms with E-state index < -0.39 is 0 Å². The summed E-state index contributed by atoms with van der Waals surface area (Å²) >= 11 is 0. The topological polar surface area (TPSA) is 28.2 Å². The molecule has 3 nitrogen and oxygen atoms in total. The molecule has 1 aliphatic heterocycles. The Morgan fingerprint density at radius 3 is 2.70 bits per heavy atom. The first-order valence-corrected chi connectivity index (χ1v) is 8.15. The molecule has 0 aliphatic carbocycles. The van der Waals surface area contributed by atoms with Crippen LogP contribution in [0.4, 0.5) is 5.69 Å². The summed E-state index contributed by atoms with van der Waals surface area (Å²) in [6, 6.07) is 2.26. The third kappa shape index (κ3) is 3.95. The lowest BCUT2D eigenvalue weighted by Gasteiger charge is -2.34. The number of rotatable bonds is 6. The molecule has 3 heteroatoms. The molecule has 20 heavy (non-hydrogen) atoms. The molecule has 0 atom stereocenters. The van der Waals surface area contributed by atoms with E-state index in [4.69, 9.17) is 0 Å². The molecule has 1 N–H and O–H groups in total. The van der Waals surface area contributed by atoms with Crippen molar-refractivity contribution < 1.29 is 0 Å². The molecule has 112 valence electrons. The van der Waals surface area contributed by atoms with Crippen LogP contribution in [0.1, 0.15) is 50.8 Å². The second-order valence-electron chi connectivity index (χ2n) is 5.97. The second kappa shape index (κ2) is 7.63. The van der Waals surface area contributed by atoms with Crippen molar-refractivity contribution in [2.75, 3.05) is 24.5 Å². The summed E-state index contributed by atoms with van der Waals surface area (Å²) in [6.07, 6.45) is 7.23. The molecular formula is C17H29N3. The second-order valence-corrected chi connectivity index (χ2v) is 5.97. The van der Waals surface area contributed by atoms with Crippen molar-refractivity contribution in [3.8, 4) is 0 Å². The summed E-state index contributed by atoms with van der Waals surface area (Å²) in [5, 5.41) is 3.50. The minimum absolute atomic E-state index is 0.927. The zero-order valence-electron chi connectivity index (χ0n) is 13.3. The molecule has 0 saturated carbocycles. The lowest BCUT2D eigenvalue weighted by atomic mass is 9.94. The average molecular weight is 275 g/mol. The van der Waals surface area contributed by atoms with Crippen LogP contribution in [0, 0.1) is 12.8 Å². The smallest absolute Gasteiger partial charge is 0.0445 e. The van der Waals surface area contributed by atoms with E-state index in [1.54, 1.807) is 0 Å². The Kier molecular flexibility index (Phi) is 5.84. The number of piperidine rings is 1. The number of hydrogen-bond acceptors (Lipinski definition) is 3. The van der Waals surface area contributed by atoms with E-state index in [0.29, 0.717) is 0 Å². The molecule has 1 aliphatic rings. The van der Waals surface area contributed by atoms with Crippen molar-refractivity contribution in [3.05, 3.63) is 23.5 Å². The van der Waals surface area contributed by atoms with Crippen molar-refractivity contribution in [1.82, 2.24) is 10.3 Å². The standard InChI is InChI=1S/C17H29N3/c1-4-8-18-12-16-13-19-14(3)11-17(16)20-9-6-15(5-2)7-10-20/h11,13,15,18H,4-10,12H2,1-3H3. The van der Waals surface area contributed by atoms with Gasteiger partial charge in [-0.2, -0.15) is 0 Å². The summed E-state index contributed by atoms with van der Waals surface area (Å²) in [4.78, 5) is 7.04. The van der Waals surface area contributed by atoms with Gasteiger partial charge in [0.2, 0.25) is 0 Å². The highest BCUT2D eigenvalue weighted by Crippen LogP contribution is 2.27. The fourth-order valence-electron chi connectivity index (χ4n) is 2.99. The van der Waals surface area contributed by atoms with Crippen LogP contribution >= 0.6 is 0 Å². The van der Waals surface area contributed by atoms with Gasteiger partial charge in [0.1, 0.15) is 0 Å². The molecule has 1 aromatic heterocycles. The van der Waals surface area contributed by atoms with Gasteiger partial charge in [0, 0.05) is 42.8 Å². The van der Waals surface area contributed by atoms with Crippen LogP contribution in [0.5, 0.6) is 0 Å². The average Bonchev–Trinajstić information content (AvgIpc) is 2.49. The van der Waals surface area contributed by atoms with Gasteiger partial charge >= 0.3 is 0 Å². The maximum Gasteiger partial charge on any atom is 0.0445 e. The Morgan fingerprint density at radius 2 is 2.05 bits per heavy atom. The van der Waals surface area contributed by atoms with E-state index in [0.717, 1.165) is 24.7 Å². The van der Waals surface area contributed by atoms with Crippen LogP contribution in [0.25, 0.3) is 0 Å². The zero-order valence-corrected chi connectivity index (χ0v) is 13.3. The zero-order chi connectivity index (χ0) is 14.4. The molecule has 2 heterocycles. The summed E-state index contributed by atoms with van der Waals surface area (Å²) in [5.74, 6) is 0.927. The fraction of sp³-hybridized carbons (Fsp3) is 0.706. The van der Waals surface area contributed by atoms with Gasteiger partial charge in [-0.25, -0.2) is 0 Å². The Hall–Kier alpha value is -1.09. The third-order valence-corrected chi connectivity index (χ3v) is 4.37. The first-order valence-electron chi connectivity index (χ1n) is 8.15. The Labute approximate surface area is 123 Å². The monoisotopic (exact) mass is 275 g/mol. The van der Waals surface area contributed by atoms with E-state index in [9.17, 15) is 0 Å². The number of pyridine rings is 1.